The zero-order chi connectivity index (χ0) is 17.8. The number of sulfonamides is 1. The molecule has 2 aromatic carbocycles. The molecule has 0 atom stereocenters. The first kappa shape index (κ1) is 18.0. The molecular formula is C19H22FNO3S. The molecule has 0 bridgehead atoms. The third kappa shape index (κ3) is 4.66. The minimum atomic E-state index is -3.51. The van der Waals surface area contributed by atoms with Gasteiger partial charge in [0.2, 0.25) is 10.0 Å². The Morgan fingerprint density at radius 1 is 1.00 bits per heavy atom. The molecule has 2 aromatic rings. The molecule has 1 aliphatic heterocycles. The van der Waals surface area contributed by atoms with E-state index in [9.17, 15) is 12.8 Å². The number of nitrogens with one attached hydrogen (secondary N) is 1. The van der Waals surface area contributed by atoms with Crippen LogP contribution < -0.4 is 4.72 Å². The first-order valence-electron chi connectivity index (χ1n) is 8.34. The second-order valence-corrected chi connectivity index (χ2v) is 8.27. The van der Waals surface area contributed by atoms with Crippen molar-refractivity contribution in [2.24, 2.45) is 0 Å². The van der Waals surface area contributed by atoms with E-state index in [0.717, 1.165) is 18.4 Å². The van der Waals surface area contributed by atoms with Gasteiger partial charge in [-0.1, -0.05) is 42.5 Å². The van der Waals surface area contributed by atoms with Gasteiger partial charge >= 0.3 is 0 Å². The van der Waals surface area contributed by atoms with Crippen molar-refractivity contribution in [1.82, 2.24) is 4.72 Å². The van der Waals surface area contributed by atoms with Crippen molar-refractivity contribution >= 4 is 10.0 Å². The van der Waals surface area contributed by atoms with E-state index in [4.69, 9.17) is 4.74 Å². The van der Waals surface area contributed by atoms with E-state index in [1.165, 1.54) is 24.3 Å². The van der Waals surface area contributed by atoms with Crippen molar-refractivity contribution in [2.75, 3.05) is 19.8 Å². The summed E-state index contributed by atoms with van der Waals surface area (Å²) in [6.45, 7) is 1.58. The Hall–Kier alpha value is -1.76. The summed E-state index contributed by atoms with van der Waals surface area (Å²) in [6, 6.07) is 15.5. The summed E-state index contributed by atoms with van der Waals surface area (Å²) >= 11 is 0. The fourth-order valence-electron chi connectivity index (χ4n) is 3.22. The van der Waals surface area contributed by atoms with Crippen molar-refractivity contribution in [1.29, 1.82) is 0 Å². The summed E-state index contributed by atoms with van der Waals surface area (Å²) in [7, 11) is -3.51. The van der Waals surface area contributed by atoms with E-state index in [0.29, 0.717) is 25.3 Å². The van der Waals surface area contributed by atoms with E-state index in [2.05, 4.69) is 4.72 Å². The number of rotatable bonds is 6. The van der Waals surface area contributed by atoms with Gasteiger partial charge < -0.3 is 4.74 Å². The summed E-state index contributed by atoms with van der Waals surface area (Å²) in [5.74, 6) is -0.534. The SMILES string of the molecule is O=S(=O)(Cc1ccc(F)cc1)NCC1(c2ccccc2)CCOCC1. The van der Waals surface area contributed by atoms with Crippen LogP contribution in [0.5, 0.6) is 0 Å². The minimum absolute atomic E-state index is 0.158. The highest BCUT2D eigenvalue weighted by molar-refractivity contribution is 7.88. The highest BCUT2D eigenvalue weighted by Gasteiger charge is 2.35. The van der Waals surface area contributed by atoms with Crippen molar-refractivity contribution in [3.63, 3.8) is 0 Å². The van der Waals surface area contributed by atoms with Gasteiger partial charge in [0, 0.05) is 25.2 Å². The first-order chi connectivity index (χ1) is 12.0. The number of benzene rings is 2. The molecule has 1 aliphatic rings. The van der Waals surface area contributed by atoms with Gasteiger partial charge in [0.1, 0.15) is 5.82 Å². The lowest BCUT2D eigenvalue weighted by molar-refractivity contribution is 0.0517. The number of halogens is 1. The molecule has 0 aromatic heterocycles. The maximum absolute atomic E-state index is 13.0. The fraction of sp³-hybridized carbons (Fsp3) is 0.368. The molecule has 4 nitrogen and oxygen atoms in total. The summed E-state index contributed by atoms with van der Waals surface area (Å²) in [4.78, 5) is 0. The van der Waals surface area contributed by atoms with Crippen LogP contribution in [0, 0.1) is 5.82 Å². The largest absolute Gasteiger partial charge is 0.381 e. The molecule has 1 fully saturated rings. The maximum Gasteiger partial charge on any atom is 0.215 e. The standard InChI is InChI=1S/C19H22FNO3S/c20-18-8-6-16(7-9-18)14-25(22,23)21-15-19(10-12-24-13-11-19)17-4-2-1-3-5-17/h1-9,21H,10-15H2. The highest BCUT2D eigenvalue weighted by Crippen LogP contribution is 2.34. The van der Waals surface area contributed by atoms with Crippen LogP contribution in [0.4, 0.5) is 4.39 Å². The van der Waals surface area contributed by atoms with Gasteiger partial charge in [0.25, 0.3) is 0 Å². The van der Waals surface area contributed by atoms with Crippen LogP contribution in [-0.2, 0) is 25.9 Å². The Morgan fingerprint density at radius 3 is 2.28 bits per heavy atom. The van der Waals surface area contributed by atoms with Gasteiger partial charge in [-0.25, -0.2) is 17.5 Å². The quantitative estimate of drug-likeness (QED) is 0.858. The molecule has 0 spiro atoms. The molecule has 0 saturated carbocycles. The van der Waals surface area contributed by atoms with Crippen LogP contribution in [0.25, 0.3) is 0 Å². The van der Waals surface area contributed by atoms with Crippen molar-refractivity contribution in [3.8, 4) is 0 Å². The Kier molecular flexibility index (Phi) is 5.51. The number of hydrogen-bond acceptors (Lipinski definition) is 3. The molecule has 0 amide bonds. The Morgan fingerprint density at radius 2 is 1.64 bits per heavy atom. The van der Waals surface area contributed by atoms with Crippen LogP contribution >= 0.6 is 0 Å². The average Bonchev–Trinajstić information content (AvgIpc) is 2.64. The molecule has 25 heavy (non-hydrogen) atoms. The Labute approximate surface area is 148 Å². The van der Waals surface area contributed by atoms with Gasteiger partial charge in [0.15, 0.2) is 0 Å². The second-order valence-electron chi connectivity index (χ2n) is 6.47. The van der Waals surface area contributed by atoms with E-state index >= 15 is 0 Å². The van der Waals surface area contributed by atoms with Gasteiger partial charge in [0.05, 0.1) is 5.75 Å². The molecule has 0 unspecified atom stereocenters. The van der Waals surface area contributed by atoms with Crippen molar-refractivity contribution in [2.45, 2.75) is 24.0 Å². The van der Waals surface area contributed by atoms with Gasteiger partial charge in [-0.2, -0.15) is 0 Å². The van der Waals surface area contributed by atoms with E-state index < -0.39 is 10.0 Å². The molecule has 0 radical (unpaired) electrons. The van der Waals surface area contributed by atoms with E-state index in [1.54, 1.807) is 0 Å². The monoisotopic (exact) mass is 363 g/mol. The van der Waals surface area contributed by atoms with Crippen LogP contribution in [0.15, 0.2) is 54.6 Å². The molecule has 134 valence electrons. The predicted molar refractivity (Wildman–Crippen MR) is 95.2 cm³/mol. The number of ether oxygens (including phenoxy) is 1. The zero-order valence-electron chi connectivity index (χ0n) is 13.9. The van der Waals surface area contributed by atoms with Crippen LogP contribution in [-0.4, -0.2) is 28.2 Å². The Balaban J connectivity index is 1.73. The van der Waals surface area contributed by atoms with Crippen molar-refractivity contribution in [3.05, 3.63) is 71.5 Å². The lowest BCUT2D eigenvalue weighted by Gasteiger charge is -2.37. The first-order valence-corrected chi connectivity index (χ1v) is 9.99. The van der Waals surface area contributed by atoms with Gasteiger partial charge in [-0.15, -0.1) is 0 Å². The molecular weight excluding hydrogens is 341 g/mol. The summed E-state index contributed by atoms with van der Waals surface area (Å²) in [6.07, 6.45) is 1.55. The third-order valence-electron chi connectivity index (χ3n) is 4.74. The molecule has 1 N–H and O–H groups in total. The van der Waals surface area contributed by atoms with Crippen LogP contribution in [0.2, 0.25) is 0 Å². The number of hydrogen-bond donors (Lipinski definition) is 1. The summed E-state index contributed by atoms with van der Waals surface area (Å²) in [5, 5.41) is 0. The normalized spacial score (nSPS) is 17.3. The van der Waals surface area contributed by atoms with Crippen LogP contribution in [0.3, 0.4) is 0 Å². The molecule has 1 heterocycles. The van der Waals surface area contributed by atoms with E-state index in [1.807, 2.05) is 30.3 Å². The van der Waals surface area contributed by atoms with E-state index in [-0.39, 0.29) is 17.0 Å². The summed E-state index contributed by atoms with van der Waals surface area (Å²) < 4.78 is 46.1. The van der Waals surface area contributed by atoms with Gasteiger partial charge in [-0.3, -0.25) is 0 Å². The minimum Gasteiger partial charge on any atom is -0.381 e. The summed E-state index contributed by atoms with van der Waals surface area (Å²) in [5.41, 5.74) is 1.44. The topological polar surface area (TPSA) is 55.4 Å². The lowest BCUT2D eigenvalue weighted by atomic mass is 9.74. The average molecular weight is 363 g/mol. The smallest absolute Gasteiger partial charge is 0.215 e. The molecule has 1 saturated heterocycles. The molecule has 6 heteroatoms. The van der Waals surface area contributed by atoms with Crippen LogP contribution in [0.1, 0.15) is 24.0 Å². The fourth-order valence-corrected chi connectivity index (χ4v) is 4.45. The lowest BCUT2D eigenvalue weighted by Crippen LogP contribution is -2.44. The second kappa shape index (κ2) is 7.64. The zero-order valence-corrected chi connectivity index (χ0v) is 14.8. The van der Waals surface area contributed by atoms with Gasteiger partial charge in [-0.05, 0) is 36.1 Å². The third-order valence-corrected chi connectivity index (χ3v) is 6.03. The Bertz CT molecular complexity index is 785. The maximum atomic E-state index is 13.0. The molecule has 0 aliphatic carbocycles. The molecule has 3 rings (SSSR count). The van der Waals surface area contributed by atoms with Crippen molar-refractivity contribution < 1.29 is 17.5 Å². The predicted octanol–water partition coefficient (Wildman–Crippen LogP) is 2.99. The highest BCUT2D eigenvalue weighted by atomic mass is 32.2.